The molecule has 3 aliphatic heterocycles. The third-order valence-corrected chi connectivity index (χ3v) is 8.51. The van der Waals surface area contributed by atoms with E-state index in [1.54, 1.807) is 42.6 Å². The van der Waals surface area contributed by atoms with Gasteiger partial charge in [0.2, 0.25) is 5.91 Å². The van der Waals surface area contributed by atoms with Crippen molar-refractivity contribution in [1.82, 2.24) is 9.88 Å². The standard InChI is InChI=1S/C34H24N4O4/c35-16-19-42-27-14-6-3-11-24(27)31(40)29-28(30(39)22-9-7-17-36-20-22)34(25-12-4-5-13-26(25)37-33(34)41)32-23-10-2-1-8-21(23)15-18-38(29)32/h1-15,17-18,20,28-29,32H,19H2,(H,37,41)/t28-,29+,32+,34-/m1/s1. The van der Waals surface area contributed by atoms with Gasteiger partial charge in [-0.15, -0.1) is 0 Å². The second kappa shape index (κ2) is 9.82. The number of Topliss-reactive ketones (excluding diaryl/α,β-unsaturated/α-hetero) is 2. The van der Waals surface area contributed by atoms with Crippen LogP contribution in [0.5, 0.6) is 5.75 Å². The SMILES string of the molecule is N#CCOc1ccccc1C(=O)[C@@H]1[C@H](C(=O)c2cccnc2)[C@@]2(C(=O)Nc3ccccc32)[C@@H]2c3ccccc3C=CN12. The number of hydrogen-bond acceptors (Lipinski definition) is 7. The van der Waals surface area contributed by atoms with Crippen molar-refractivity contribution in [2.24, 2.45) is 5.92 Å². The van der Waals surface area contributed by atoms with Crippen molar-refractivity contribution in [2.75, 3.05) is 11.9 Å². The van der Waals surface area contributed by atoms with Crippen molar-refractivity contribution in [3.05, 3.63) is 131 Å². The molecule has 3 aromatic carbocycles. The van der Waals surface area contributed by atoms with Crippen LogP contribution in [0.3, 0.4) is 0 Å². The van der Waals surface area contributed by atoms with Crippen LogP contribution in [0.2, 0.25) is 0 Å². The van der Waals surface area contributed by atoms with Crippen LogP contribution in [0.25, 0.3) is 6.08 Å². The van der Waals surface area contributed by atoms with Crippen molar-refractivity contribution in [1.29, 1.82) is 5.26 Å². The van der Waals surface area contributed by atoms with Gasteiger partial charge in [-0.3, -0.25) is 19.4 Å². The maximum atomic E-state index is 14.8. The molecule has 1 saturated heterocycles. The molecule has 3 aliphatic rings. The predicted octanol–water partition coefficient (Wildman–Crippen LogP) is 4.97. The van der Waals surface area contributed by atoms with E-state index in [9.17, 15) is 14.4 Å². The molecule has 4 aromatic rings. The van der Waals surface area contributed by atoms with Gasteiger partial charge in [-0.1, -0.05) is 54.6 Å². The van der Waals surface area contributed by atoms with E-state index in [-0.39, 0.29) is 35.4 Å². The lowest BCUT2D eigenvalue weighted by Crippen LogP contribution is -2.49. The van der Waals surface area contributed by atoms with Crippen LogP contribution >= 0.6 is 0 Å². The maximum absolute atomic E-state index is 14.8. The molecule has 1 N–H and O–H groups in total. The number of anilines is 1. The van der Waals surface area contributed by atoms with Gasteiger partial charge in [-0.25, -0.2) is 0 Å². The molecule has 8 nitrogen and oxygen atoms in total. The first-order chi connectivity index (χ1) is 20.6. The monoisotopic (exact) mass is 552 g/mol. The van der Waals surface area contributed by atoms with E-state index < -0.39 is 23.4 Å². The number of hydrogen-bond donors (Lipinski definition) is 1. The van der Waals surface area contributed by atoms with Gasteiger partial charge in [0.05, 0.1) is 17.5 Å². The quantitative estimate of drug-likeness (QED) is 0.336. The lowest BCUT2D eigenvalue weighted by atomic mass is 9.62. The number of nitriles is 1. The fourth-order valence-electron chi connectivity index (χ4n) is 6.92. The minimum absolute atomic E-state index is 0.233. The number of nitrogens with zero attached hydrogens (tertiary/aromatic N) is 3. The summed E-state index contributed by atoms with van der Waals surface area (Å²) in [6, 6.07) is 25.4. The summed E-state index contributed by atoms with van der Waals surface area (Å²) in [6.07, 6.45) is 6.78. The number of para-hydroxylation sites is 2. The highest BCUT2D eigenvalue weighted by molar-refractivity contribution is 6.17. The van der Waals surface area contributed by atoms with Crippen LogP contribution < -0.4 is 10.1 Å². The molecule has 42 heavy (non-hydrogen) atoms. The first-order valence-corrected chi connectivity index (χ1v) is 13.6. The summed E-state index contributed by atoms with van der Waals surface area (Å²) in [7, 11) is 0. The number of fused-ring (bicyclic) bond motifs is 6. The van der Waals surface area contributed by atoms with Crippen LogP contribution in [-0.4, -0.2) is 40.0 Å². The largest absolute Gasteiger partial charge is 0.478 e. The Morgan fingerprint density at radius 2 is 1.76 bits per heavy atom. The number of ketones is 2. The molecule has 1 aromatic heterocycles. The van der Waals surface area contributed by atoms with E-state index in [0.29, 0.717) is 16.8 Å². The number of pyridine rings is 1. The molecule has 0 aliphatic carbocycles. The van der Waals surface area contributed by atoms with Gasteiger partial charge >= 0.3 is 0 Å². The van der Waals surface area contributed by atoms with Crippen molar-refractivity contribution >= 4 is 29.2 Å². The maximum Gasteiger partial charge on any atom is 0.238 e. The zero-order valence-corrected chi connectivity index (χ0v) is 22.3. The summed E-state index contributed by atoms with van der Waals surface area (Å²) >= 11 is 0. The normalized spacial score (nSPS) is 23.0. The zero-order valence-electron chi connectivity index (χ0n) is 22.3. The van der Waals surface area contributed by atoms with Crippen LogP contribution in [0, 0.1) is 17.2 Å². The Morgan fingerprint density at radius 1 is 0.976 bits per heavy atom. The molecule has 0 unspecified atom stereocenters. The van der Waals surface area contributed by atoms with Crippen LogP contribution in [0.15, 0.2) is 104 Å². The Kier molecular flexibility index (Phi) is 5.94. The van der Waals surface area contributed by atoms with Gasteiger partial charge in [0.25, 0.3) is 0 Å². The van der Waals surface area contributed by atoms with Gasteiger partial charge in [0, 0.05) is 29.8 Å². The molecule has 8 heteroatoms. The van der Waals surface area contributed by atoms with Gasteiger partial charge in [0.15, 0.2) is 18.2 Å². The molecule has 0 bridgehead atoms. The first-order valence-electron chi connectivity index (χ1n) is 13.6. The molecule has 1 amide bonds. The number of nitrogens with one attached hydrogen (secondary N) is 1. The van der Waals surface area contributed by atoms with Gasteiger partial charge in [-0.2, -0.15) is 5.26 Å². The van der Waals surface area contributed by atoms with E-state index in [1.807, 2.05) is 71.8 Å². The summed E-state index contributed by atoms with van der Waals surface area (Å²) in [5.41, 5.74) is 2.15. The molecule has 7 rings (SSSR count). The molecule has 204 valence electrons. The third-order valence-electron chi connectivity index (χ3n) is 8.51. The van der Waals surface area contributed by atoms with E-state index in [4.69, 9.17) is 10.00 Å². The summed E-state index contributed by atoms with van der Waals surface area (Å²) in [6.45, 7) is -0.244. The van der Waals surface area contributed by atoms with Gasteiger partial charge in [0.1, 0.15) is 23.3 Å². The number of amides is 1. The van der Waals surface area contributed by atoms with Crippen molar-refractivity contribution in [3.8, 4) is 11.8 Å². The highest BCUT2D eigenvalue weighted by atomic mass is 16.5. The average molecular weight is 553 g/mol. The molecular weight excluding hydrogens is 528 g/mol. The predicted molar refractivity (Wildman–Crippen MR) is 155 cm³/mol. The van der Waals surface area contributed by atoms with E-state index in [2.05, 4.69) is 10.3 Å². The number of carbonyl (C=O) groups is 3. The lowest BCUT2D eigenvalue weighted by molar-refractivity contribution is -0.122. The highest BCUT2D eigenvalue weighted by Gasteiger charge is 2.70. The summed E-state index contributed by atoms with van der Waals surface area (Å²) in [5.74, 6) is -1.96. The minimum atomic E-state index is -1.44. The second-order valence-corrected chi connectivity index (χ2v) is 10.5. The van der Waals surface area contributed by atoms with Crippen LogP contribution in [-0.2, 0) is 10.2 Å². The Balaban J connectivity index is 1.52. The smallest absolute Gasteiger partial charge is 0.238 e. The molecule has 1 spiro atoms. The molecule has 0 saturated carbocycles. The molecule has 4 atom stereocenters. The molecule has 1 fully saturated rings. The van der Waals surface area contributed by atoms with E-state index in [0.717, 1.165) is 11.1 Å². The van der Waals surface area contributed by atoms with E-state index >= 15 is 0 Å². The Hall–Kier alpha value is -5.55. The van der Waals surface area contributed by atoms with E-state index in [1.165, 1.54) is 6.20 Å². The summed E-state index contributed by atoms with van der Waals surface area (Å²) < 4.78 is 5.64. The Bertz CT molecular complexity index is 1830. The topological polar surface area (TPSA) is 112 Å². The van der Waals surface area contributed by atoms with Crippen molar-refractivity contribution in [2.45, 2.75) is 17.5 Å². The average Bonchev–Trinajstić information content (AvgIpc) is 3.52. The Labute approximate surface area is 241 Å². The zero-order chi connectivity index (χ0) is 28.8. The number of aromatic nitrogens is 1. The van der Waals surface area contributed by atoms with Crippen molar-refractivity contribution < 1.29 is 19.1 Å². The highest BCUT2D eigenvalue weighted by Crippen LogP contribution is 2.62. The molecular formula is C34H24N4O4. The number of ether oxygens (including phenoxy) is 1. The number of benzene rings is 3. The lowest BCUT2D eigenvalue weighted by Gasteiger charge is -2.38. The first kappa shape index (κ1) is 25.4. The minimum Gasteiger partial charge on any atom is -0.478 e. The van der Waals surface area contributed by atoms with Crippen molar-refractivity contribution in [3.63, 3.8) is 0 Å². The van der Waals surface area contributed by atoms with Gasteiger partial charge in [-0.05, 0) is 53.1 Å². The Morgan fingerprint density at radius 3 is 2.60 bits per heavy atom. The fourth-order valence-corrected chi connectivity index (χ4v) is 6.92. The van der Waals surface area contributed by atoms with Crippen LogP contribution in [0.4, 0.5) is 5.69 Å². The second-order valence-electron chi connectivity index (χ2n) is 10.5. The number of carbonyl (C=O) groups excluding carboxylic acids is 3. The number of rotatable bonds is 6. The third kappa shape index (κ3) is 3.53. The fraction of sp³-hybridized carbons (Fsp3) is 0.147. The summed E-state index contributed by atoms with van der Waals surface area (Å²) in [5, 5.41) is 12.2. The van der Waals surface area contributed by atoms with Gasteiger partial charge < -0.3 is 15.0 Å². The van der Waals surface area contributed by atoms with Crippen LogP contribution in [0.1, 0.15) is 43.4 Å². The molecule has 4 heterocycles. The molecule has 0 radical (unpaired) electrons. The summed E-state index contributed by atoms with van der Waals surface area (Å²) in [4.78, 5) is 50.0.